The third-order valence-corrected chi connectivity index (χ3v) is 4.10. The van der Waals surface area contributed by atoms with Crippen molar-refractivity contribution in [2.75, 3.05) is 0 Å². The van der Waals surface area contributed by atoms with Crippen molar-refractivity contribution in [2.24, 2.45) is 11.8 Å². The molecule has 0 amide bonds. The van der Waals surface area contributed by atoms with Crippen LogP contribution in [0.3, 0.4) is 0 Å². The van der Waals surface area contributed by atoms with Crippen molar-refractivity contribution in [1.82, 2.24) is 0 Å². The summed E-state index contributed by atoms with van der Waals surface area (Å²) in [6.07, 6.45) is 13.0. The third-order valence-electron chi connectivity index (χ3n) is 4.10. The molecule has 0 aliphatic heterocycles. The number of hydrogen-bond donors (Lipinski definition) is 2. The maximum atomic E-state index is 9.43. The molecule has 24 heavy (non-hydrogen) atoms. The van der Waals surface area contributed by atoms with Gasteiger partial charge < -0.3 is 17.1 Å². The molecule has 0 aromatic heterocycles. The summed E-state index contributed by atoms with van der Waals surface area (Å²) in [5.74, 6) is -1.04. The van der Waals surface area contributed by atoms with Gasteiger partial charge in [0.15, 0.2) is 0 Å². The first-order valence-electron chi connectivity index (χ1n) is 9.15. The zero-order chi connectivity index (χ0) is 18.1. The summed E-state index contributed by atoms with van der Waals surface area (Å²) in [4.78, 5) is 18.9. The Hall–Kier alpha value is -0.0600. The van der Waals surface area contributed by atoms with Gasteiger partial charge in [-0.2, -0.15) is 5.92 Å². The molecule has 0 spiro atoms. The molecule has 0 aromatic carbocycles. The van der Waals surface area contributed by atoms with Gasteiger partial charge in [0.1, 0.15) is 6.42 Å². The van der Waals surface area contributed by atoms with Gasteiger partial charge in [-0.3, -0.25) is 9.59 Å². The van der Waals surface area contributed by atoms with Crippen molar-refractivity contribution in [1.29, 1.82) is 0 Å². The van der Waals surface area contributed by atoms with E-state index in [-0.39, 0.29) is 29.6 Å². The molecular weight excluding hydrogens is 315 g/mol. The number of unbranched alkanes of at least 4 members (excludes halogenated alkanes) is 5. The molecule has 0 saturated carbocycles. The topological polar surface area (TPSA) is 74.6 Å². The zero-order valence-corrected chi connectivity index (χ0v) is 18.4. The van der Waals surface area contributed by atoms with Crippen LogP contribution >= 0.6 is 0 Å². The number of carbonyl (C=O) groups is 2. The van der Waals surface area contributed by atoms with Crippen molar-refractivity contribution in [3.63, 3.8) is 0 Å². The van der Waals surface area contributed by atoms with Gasteiger partial charge >= 0.3 is 41.5 Å². The minimum Gasteiger partial charge on any atom is -0.481 e. The van der Waals surface area contributed by atoms with E-state index in [4.69, 9.17) is 10.2 Å². The van der Waals surface area contributed by atoms with Crippen molar-refractivity contribution >= 4 is 11.9 Å². The summed E-state index contributed by atoms with van der Waals surface area (Å²) >= 11 is 0. The Bertz CT molecular complexity index is 283. The Morgan fingerprint density at radius 3 is 1.67 bits per heavy atom. The van der Waals surface area contributed by atoms with Gasteiger partial charge in [-0.15, -0.1) is 0 Å². The first-order valence-corrected chi connectivity index (χ1v) is 9.15. The van der Waals surface area contributed by atoms with E-state index in [9.17, 15) is 9.59 Å². The van der Waals surface area contributed by atoms with Crippen LogP contribution in [0.4, 0.5) is 0 Å². The van der Waals surface area contributed by atoms with Crippen molar-refractivity contribution in [3.05, 3.63) is 6.92 Å². The normalized spacial score (nSPS) is 12.3. The van der Waals surface area contributed by atoms with Gasteiger partial charge in [0.25, 0.3) is 0 Å². The molecule has 5 heteroatoms. The maximum absolute atomic E-state index is 9.43. The second-order valence-electron chi connectivity index (χ2n) is 6.24. The first-order chi connectivity index (χ1) is 10.9. The molecule has 0 saturated heterocycles. The Labute approximate surface area is 171 Å². The van der Waals surface area contributed by atoms with Gasteiger partial charge in [0.2, 0.25) is 0 Å². The number of hydrogen-bond acceptors (Lipinski definition) is 2. The molecule has 0 bridgehead atoms. The minimum absolute atomic E-state index is 0. The molecule has 0 fully saturated rings. The Kier molecular flexibility index (Phi) is 25.1. The van der Waals surface area contributed by atoms with E-state index in [0.717, 1.165) is 5.92 Å². The van der Waals surface area contributed by atoms with Gasteiger partial charge in [0, 0.05) is 0 Å². The van der Waals surface area contributed by atoms with Crippen LogP contribution < -0.4 is 29.6 Å². The molecule has 2 N–H and O–H groups in total. The molecule has 2 unspecified atom stereocenters. The molecule has 2 atom stereocenters. The third kappa shape index (κ3) is 21.9. The molecule has 0 aliphatic rings. The number of rotatable bonds is 13. The van der Waals surface area contributed by atoms with Crippen LogP contribution in [0.2, 0.25) is 0 Å². The molecule has 138 valence electrons. The van der Waals surface area contributed by atoms with Crippen LogP contribution in [0.5, 0.6) is 0 Å². The fourth-order valence-electron chi connectivity index (χ4n) is 2.63. The van der Waals surface area contributed by atoms with Gasteiger partial charge in [0.05, 0.1) is 0 Å². The predicted octanol–water partition coefficient (Wildman–Crippen LogP) is 2.56. The number of carboxylic acids is 2. The average Bonchev–Trinajstić information content (AvgIpc) is 2.47. The van der Waals surface area contributed by atoms with Gasteiger partial charge in [-0.25, -0.2) is 0 Å². The van der Waals surface area contributed by atoms with E-state index in [1.165, 1.54) is 64.2 Å². The summed E-state index contributed by atoms with van der Waals surface area (Å²) in [6.45, 7) is 11.3. The predicted molar refractivity (Wildman–Crippen MR) is 95.4 cm³/mol. The SMILES string of the molecule is O=C(O)CC(=O)O.[CH2-]C(CCCCCC)C(CC)CCCCC.[Na+]. The van der Waals surface area contributed by atoms with Crippen LogP contribution in [0.25, 0.3) is 0 Å². The summed E-state index contributed by atoms with van der Waals surface area (Å²) in [5.41, 5.74) is 0. The van der Waals surface area contributed by atoms with E-state index in [1.54, 1.807) is 0 Å². The van der Waals surface area contributed by atoms with Crippen LogP contribution in [-0.4, -0.2) is 22.2 Å². The monoisotopic (exact) mass is 352 g/mol. The van der Waals surface area contributed by atoms with E-state index < -0.39 is 18.4 Å². The first kappa shape index (κ1) is 28.7. The minimum atomic E-state index is -1.31. The summed E-state index contributed by atoms with van der Waals surface area (Å²) in [6, 6.07) is 0. The fraction of sp³-hybridized carbons (Fsp3) is 0.842. The standard InChI is InChI=1S/C16H33.C3H4O4.Na/c1-5-8-10-12-13-15(4)16(7-3)14-11-9-6-2;4-2(5)1-3(6)7;/h15-16H,4-14H2,1-3H3;1H2,(H,4,5)(H,6,7);/q-1;;+1. The molecule has 0 heterocycles. The van der Waals surface area contributed by atoms with Crippen molar-refractivity contribution in [3.8, 4) is 0 Å². The van der Waals surface area contributed by atoms with Gasteiger partial charge in [-0.05, 0) is 0 Å². The second-order valence-corrected chi connectivity index (χ2v) is 6.24. The van der Waals surface area contributed by atoms with E-state index in [2.05, 4.69) is 27.7 Å². The van der Waals surface area contributed by atoms with Crippen LogP contribution in [0, 0.1) is 18.8 Å². The Morgan fingerprint density at radius 2 is 1.29 bits per heavy atom. The van der Waals surface area contributed by atoms with Crippen LogP contribution in [0.1, 0.15) is 91.4 Å². The Morgan fingerprint density at radius 1 is 0.833 bits per heavy atom. The van der Waals surface area contributed by atoms with Crippen molar-refractivity contribution in [2.45, 2.75) is 91.4 Å². The number of aliphatic carboxylic acids is 2. The quantitative estimate of drug-likeness (QED) is 0.231. The smallest absolute Gasteiger partial charge is 0.481 e. The molecule has 0 radical (unpaired) electrons. The molecule has 4 nitrogen and oxygen atoms in total. The maximum Gasteiger partial charge on any atom is 1.00 e. The summed E-state index contributed by atoms with van der Waals surface area (Å²) in [5, 5.41) is 15.4. The number of carboxylic acid groups (broad SMARTS) is 2. The summed E-state index contributed by atoms with van der Waals surface area (Å²) < 4.78 is 0. The fourth-order valence-corrected chi connectivity index (χ4v) is 2.63. The van der Waals surface area contributed by atoms with Crippen molar-refractivity contribution < 1.29 is 49.4 Å². The van der Waals surface area contributed by atoms with E-state index in [1.807, 2.05) is 0 Å². The summed E-state index contributed by atoms with van der Waals surface area (Å²) in [7, 11) is 0. The molecular formula is C19H37NaO4. The average molecular weight is 352 g/mol. The van der Waals surface area contributed by atoms with E-state index in [0.29, 0.717) is 5.92 Å². The molecule has 0 rings (SSSR count). The van der Waals surface area contributed by atoms with Crippen LogP contribution in [-0.2, 0) is 9.59 Å². The molecule has 0 aromatic rings. The zero-order valence-electron chi connectivity index (χ0n) is 16.4. The molecule has 0 aliphatic carbocycles. The van der Waals surface area contributed by atoms with Crippen LogP contribution in [0.15, 0.2) is 0 Å². The Balaban J connectivity index is -0.000000468. The second kappa shape index (κ2) is 21.0. The largest absolute Gasteiger partial charge is 1.00 e. The van der Waals surface area contributed by atoms with Gasteiger partial charge in [-0.1, -0.05) is 90.9 Å². The van der Waals surface area contributed by atoms with E-state index >= 15 is 0 Å².